The Bertz CT molecular complexity index is 911. The molecule has 4 rings (SSSR count). The smallest absolute Gasteiger partial charge is 0.161 e. The van der Waals surface area contributed by atoms with E-state index in [2.05, 4.69) is 46.7 Å². The molecule has 0 spiro atoms. The van der Waals surface area contributed by atoms with Crippen LogP contribution in [0.15, 0.2) is 67.0 Å². The van der Waals surface area contributed by atoms with Gasteiger partial charge in [0.1, 0.15) is 6.61 Å². The quantitative estimate of drug-likeness (QED) is 0.643. The highest BCUT2D eigenvalue weighted by Crippen LogP contribution is 2.31. The van der Waals surface area contributed by atoms with Crippen molar-refractivity contribution in [2.75, 3.05) is 7.11 Å². The van der Waals surface area contributed by atoms with Gasteiger partial charge in [-0.2, -0.15) is 0 Å². The summed E-state index contributed by atoms with van der Waals surface area (Å²) >= 11 is 0. The molecule has 1 aromatic heterocycles. The van der Waals surface area contributed by atoms with Gasteiger partial charge in [0.2, 0.25) is 0 Å². The van der Waals surface area contributed by atoms with Crippen molar-refractivity contribution in [3.63, 3.8) is 0 Å². The number of hydrogen-bond acceptors (Lipinski definition) is 4. The van der Waals surface area contributed by atoms with Crippen molar-refractivity contribution >= 4 is 0 Å². The van der Waals surface area contributed by atoms with Crippen molar-refractivity contribution in [1.29, 1.82) is 0 Å². The number of aromatic nitrogens is 1. The molecule has 2 aromatic carbocycles. The maximum Gasteiger partial charge on any atom is 0.161 e. The van der Waals surface area contributed by atoms with Crippen molar-refractivity contribution in [2.24, 2.45) is 0 Å². The fourth-order valence-corrected chi connectivity index (χ4v) is 3.79. The molecule has 0 saturated heterocycles. The van der Waals surface area contributed by atoms with Crippen LogP contribution in [0.25, 0.3) is 0 Å². The van der Waals surface area contributed by atoms with E-state index >= 15 is 0 Å². The molecule has 0 amide bonds. The van der Waals surface area contributed by atoms with Crippen LogP contribution in [-0.4, -0.2) is 12.1 Å². The van der Waals surface area contributed by atoms with Crippen molar-refractivity contribution in [3.8, 4) is 11.5 Å². The van der Waals surface area contributed by atoms with Crippen molar-refractivity contribution < 1.29 is 9.47 Å². The third kappa shape index (κ3) is 4.34. The number of fused-ring (bicyclic) bond motifs is 1. The number of nitrogens with one attached hydrogen (secondary N) is 1. The zero-order valence-corrected chi connectivity index (χ0v) is 16.2. The van der Waals surface area contributed by atoms with E-state index in [4.69, 9.17) is 9.47 Å². The average Bonchev–Trinajstić information content (AvgIpc) is 2.77. The lowest BCUT2D eigenvalue weighted by Gasteiger charge is -2.26. The van der Waals surface area contributed by atoms with Crippen molar-refractivity contribution in [3.05, 3.63) is 89.2 Å². The summed E-state index contributed by atoms with van der Waals surface area (Å²) in [7, 11) is 1.68. The minimum atomic E-state index is 0.415. The first-order valence-electron chi connectivity index (χ1n) is 9.83. The second-order valence-electron chi connectivity index (χ2n) is 7.15. The van der Waals surface area contributed by atoms with Gasteiger partial charge in [0.25, 0.3) is 0 Å². The minimum absolute atomic E-state index is 0.415. The molecule has 28 heavy (non-hydrogen) atoms. The second kappa shape index (κ2) is 8.89. The Morgan fingerprint density at radius 2 is 1.86 bits per heavy atom. The molecular weight excluding hydrogens is 348 g/mol. The molecule has 0 radical (unpaired) electrons. The molecule has 0 unspecified atom stereocenters. The summed E-state index contributed by atoms with van der Waals surface area (Å²) in [5.41, 5.74) is 5.19. The van der Waals surface area contributed by atoms with Gasteiger partial charge >= 0.3 is 0 Å². The number of aryl methyl sites for hydroxylation is 1. The molecule has 0 fully saturated rings. The van der Waals surface area contributed by atoms with E-state index < -0.39 is 0 Å². The Morgan fingerprint density at radius 3 is 2.71 bits per heavy atom. The van der Waals surface area contributed by atoms with Gasteiger partial charge in [-0.15, -0.1) is 0 Å². The highest BCUT2D eigenvalue weighted by atomic mass is 16.5. The summed E-state index contributed by atoms with van der Waals surface area (Å²) in [4.78, 5) is 4.03. The van der Waals surface area contributed by atoms with Crippen molar-refractivity contribution in [1.82, 2.24) is 10.3 Å². The van der Waals surface area contributed by atoms with Gasteiger partial charge in [-0.05, 0) is 65.8 Å². The lowest BCUT2D eigenvalue weighted by molar-refractivity contribution is 0.284. The van der Waals surface area contributed by atoms with Gasteiger partial charge in [0.15, 0.2) is 11.5 Å². The first-order chi connectivity index (χ1) is 13.8. The van der Waals surface area contributed by atoms with E-state index in [0.717, 1.165) is 23.6 Å². The van der Waals surface area contributed by atoms with E-state index in [1.54, 1.807) is 19.5 Å². The third-order valence-corrected chi connectivity index (χ3v) is 5.29. The molecule has 0 aliphatic heterocycles. The van der Waals surface area contributed by atoms with Crippen LogP contribution in [0.5, 0.6) is 11.5 Å². The Labute approximate surface area is 166 Å². The number of ether oxygens (including phenoxy) is 2. The SMILES string of the molecule is COc1cc(CN[C@@H]2CCCc3ccccc32)ccc1OCc1ccncc1. The number of hydrogen-bond donors (Lipinski definition) is 1. The van der Waals surface area contributed by atoms with E-state index in [0.29, 0.717) is 12.6 Å². The fraction of sp³-hybridized carbons (Fsp3) is 0.292. The van der Waals surface area contributed by atoms with Gasteiger partial charge in [-0.25, -0.2) is 0 Å². The Hall–Kier alpha value is -2.85. The lowest BCUT2D eigenvalue weighted by Crippen LogP contribution is -2.24. The highest BCUT2D eigenvalue weighted by Gasteiger charge is 2.19. The molecule has 1 atom stereocenters. The second-order valence-corrected chi connectivity index (χ2v) is 7.15. The molecular formula is C24H26N2O2. The van der Waals surface area contributed by atoms with Gasteiger partial charge < -0.3 is 14.8 Å². The summed E-state index contributed by atoms with van der Waals surface area (Å²) in [6.07, 6.45) is 7.15. The summed E-state index contributed by atoms with van der Waals surface area (Å²) in [6.45, 7) is 1.30. The van der Waals surface area contributed by atoms with E-state index in [1.807, 2.05) is 18.2 Å². The Balaban J connectivity index is 1.40. The van der Waals surface area contributed by atoms with E-state index in [9.17, 15) is 0 Å². The maximum absolute atomic E-state index is 5.94. The summed E-state index contributed by atoms with van der Waals surface area (Å²) in [5.74, 6) is 1.52. The van der Waals surface area contributed by atoms with Crippen LogP contribution in [-0.2, 0) is 19.6 Å². The van der Waals surface area contributed by atoms with Crippen LogP contribution in [0.3, 0.4) is 0 Å². The molecule has 0 bridgehead atoms. The molecule has 0 saturated carbocycles. The topological polar surface area (TPSA) is 43.4 Å². The molecule has 1 N–H and O–H groups in total. The number of rotatable bonds is 7. The number of methoxy groups -OCH3 is 1. The van der Waals surface area contributed by atoms with Crippen LogP contribution in [0.2, 0.25) is 0 Å². The van der Waals surface area contributed by atoms with Gasteiger partial charge in [0.05, 0.1) is 7.11 Å². The van der Waals surface area contributed by atoms with Crippen LogP contribution < -0.4 is 14.8 Å². The standard InChI is InChI=1S/C24H26N2O2/c1-27-24-15-19(9-10-23(24)28-17-18-11-13-25-14-12-18)16-26-22-8-4-6-20-5-2-3-7-21(20)22/h2-3,5,7,9-15,22,26H,4,6,8,16-17H2,1H3/t22-/m1/s1. The lowest BCUT2D eigenvalue weighted by atomic mass is 9.87. The average molecular weight is 374 g/mol. The highest BCUT2D eigenvalue weighted by molar-refractivity contribution is 5.43. The number of pyridine rings is 1. The zero-order chi connectivity index (χ0) is 19.2. The van der Waals surface area contributed by atoms with E-state index in [-0.39, 0.29) is 0 Å². The molecule has 144 valence electrons. The fourth-order valence-electron chi connectivity index (χ4n) is 3.79. The van der Waals surface area contributed by atoms with Crippen LogP contribution in [0.4, 0.5) is 0 Å². The largest absolute Gasteiger partial charge is 0.493 e. The van der Waals surface area contributed by atoms with Crippen LogP contribution >= 0.6 is 0 Å². The Kier molecular flexibility index (Phi) is 5.88. The first-order valence-corrected chi connectivity index (χ1v) is 9.83. The summed E-state index contributed by atoms with van der Waals surface area (Å²) in [5, 5.41) is 3.72. The molecule has 1 aliphatic rings. The van der Waals surface area contributed by atoms with Gasteiger partial charge in [-0.1, -0.05) is 30.3 Å². The summed E-state index contributed by atoms with van der Waals surface area (Å²) < 4.78 is 11.5. The van der Waals surface area contributed by atoms with Gasteiger partial charge in [-0.3, -0.25) is 4.98 Å². The predicted molar refractivity (Wildman–Crippen MR) is 111 cm³/mol. The maximum atomic E-state index is 5.94. The number of nitrogens with zero attached hydrogens (tertiary/aromatic N) is 1. The first kappa shape index (κ1) is 18.5. The molecule has 3 aromatic rings. The van der Waals surface area contributed by atoms with Crippen molar-refractivity contribution in [2.45, 2.75) is 38.5 Å². The van der Waals surface area contributed by atoms with Crippen LogP contribution in [0, 0.1) is 0 Å². The zero-order valence-electron chi connectivity index (χ0n) is 16.2. The van der Waals surface area contributed by atoms with Crippen LogP contribution in [0.1, 0.15) is 41.1 Å². The predicted octanol–water partition coefficient (Wildman–Crippen LogP) is 4.84. The monoisotopic (exact) mass is 374 g/mol. The molecule has 1 heterocycles. The normalized spacial score (nSPS) is 15.7. The van der Waals surface area contributed by atoms with Gasteiger partial charge in [0, 0.05) is 25.0 Å². The Morgan fingerprint density at radius 1 is 1.00 bits per heavy atom. The molecule has 4 nitrogen and oxygen atoms in total. The van der Waals surface area contributed by atoms with E-state index in [1.165, 1.54) is 36.0 Å². The molecule has 1 aliphatic carbocycles. The molecule has 4 heteroatoms. The minimum Gasteiger partial charge on any atom is -0.493 e. The third-order valence-electron chi connectivity index (χ3n) is 5.29. The summed E-state index contributed by atoms with van der Waals surface area (Å²) in [6, 6.07) is 19.2. The number of benzene rings is 2.